The van der Waals surface area contributed by atoms with Gasteiger partial charge in [-0.1, -0.05) is 6.92 Å². The Hall–Kier alpha value is -0.0800. The molecule has 0 aliphatic carbocycles. The van der Waals surface area contributed by atoms with Gasteiger partial charge in [-0.15, -0.1) is 0 Å². The third-order valence-electron chi connectivity index (χ3n) is 3.14. The molecule has 2 heteroatoms. The summed E-state index contributed by atoms with van der Waals surface area (Å²) in [6.07, 6.45) is 5.67. The zero-order valence-electron chi connectivity index (χ0n) is 9.00. The first-order valence-corrected chi connectivity index (χ1v) is 5.66. The lowest BCUT2D eigenvalue weighted by Gasteiger charge is -2.21. The SMILES string of the molecule is CCC(O)CCCN1CCCC1C. The van der Waals surface area contributed by atoms with Crippen LogP contribution in [0.5, 0.6) is 0 Å². The van der Waals surface area contributed by atoms with E-state index in [1.54, 1.807) is 0 Å². The lowest BCUT2D eigenvalue weighted by Crippen LogP contribution is -2.28. The standard InChI is InChI=1S/C11H23NO/c1-3-11(13)7-5-9-12-8-4-6-10(12)2/h10-11,13H,3-9H2,1-2H3. The van der Waals surface area contributed by atoms with E-state index in [9.17, 15) is 5.11 Å². The molecule has 2 nitrogen and oxygen atoms in total. The van der Waals surface area contributed by atoms with Gasteiger partial charge in [0, 0.05) is 6.04 Å². The molecule has 1 heterocycles. The van der Waals surface area contributed by atoms with Gasteiger partial charge in [-0.25, -0.2) is 0 Å². The topological polar surface area (TPSA) is 23.5 Å². The van der Waals surface area contributed by atoms with Gasteiger partial charge in [-0.3, -0.25) is 0 Å². The molecule has 2 unspecified atom stereocenters. The molecule has 1 N–H and O–H groups in total. The van der Waals surface area contributed by atoms with Crippen LogP contribution in [0, 0.1) is 0 Å². The number of rotatable bonds is 5. The van der Waals surface area contributed by atoms with Gasteiger partial charge in [-0.2, -0.15) is 0 Å². The number of aliphatic hydroxyl groups excluding tert-OH is 1. The number of hydrogen-bond acceptors (Lipinski definition) is 2. The quantitative estimate of drug-likeness (QED) is 0.708. The first-order valence-electron chi connectivity index (χ1n) is 5.66. The molecule has 0 saturated carbocycles. The van der Waals surface area contributed by atoms with Crippen molar-refractivity contribution in [2.75, 3.05) is 13.1 Å². The Labute approximate surface area is 81.9 Å². The Morgan fingerprint density at radius 1 is 1.54 bits per heavy atom. The second-order valence-corrected chi connectivity index (χ2v) is 4.23. The molecule has 0 aromatic carbocycles. The molecule has 1 saturated heterocycles. The zero-order chi connectivity index (χ0) is 9.68. The van der Waals surface area contributed by atoms with E-state index in [1.807, 2.05) is 6.92 Å². The van der Waals surface area contributed by atoms with E-state index in [0.717, 1.165) is 25.3 Å². The number of aliphatic hydroxyl groups is 1. The first kappa shape index (κ1) is 11.0. The van der Waals surface area contributed by atoms with Crippen LogP contribution in [0.25, 0.3) is 0 Å². The maximum atomic E-state index is 9.38. The number of nitrogens with zero attached hydrogens (tertiary/aromatic N) is 1. The molecular weight excluding hydrogens is 162 g/mol. The summed E-state index contributed by atoms with van der Waals surface area (Å²) >= 11 is 0. The molecule has 0 aromatic rings. The van der Waals surface area contributed by atoms with Crippen molar-refractivity contribution in [2.24, 2.45) is 0 Å². The third kappa shape index (κ3) is 3.65. The van der Waals surface area contributed by atoms with E-state index in [-0.39, 0.29) is 6.10 Å². The van der Waals surface area contributed by atoms with Crippen molar-refractivity contribution in [1.29, 1.82) is 0 Å². The maximum absolute atomic E-state index is 9.38. The minimum atomic E-state index is -0.0714. The minimum absolute atomic E-state index is 0.0714. The number of hydrogen-bond donors (Lipinski definition) is 1. The van der Waals surface area contributed by atoms with Crippen LogP contribution in [0.3, 0.4) is 0 Å². The summed E-state index contributed by atoms with van der Waals surface area (Å²) in [5, 5.41) is 9.38. The lowest BCUT2D eigenvalue weighted by molar-refractivity contribution is 0.148. The highest BCUT2D eigenvalue weighted by molar-refractivity contribution is 4.74. The number of likely N-dealkylation sites (tertiary alicyclic amines) is 1. The highest BCUT2D eigenvalue weighted by Gasteiger charge is 2.19. The van der Waals surface area contributed by atoms with Crippen molar-refractivity contribution < 1.29 is 5.11 Å². The summed E-state index contributed by atoms with van der Waals surface area (Å²) in [5.41, 5.74) is 0. The molecule has 0 amide bonds. The van der Waals surface area contributed by atoms with E-state index in [2.05, 4.69) is 11.8 Å². The van der Waals surface area contributed by atoms with E-state index in [1.165, 1.54) is 25.9 Å². The molecule has 1 aliphatic rings. The van der Waals surface area contributed by atoms with Crippen LogP contribution >= 0.6 is 0 Å². The summed E-state index contributed by atoms with van der Waals surface area (Å²) in [4.78, 5) is 2.54. The van der Waals surface area contributed by atoms with Crippen LogP contribution in [-0.4, -0.2) is 35.2 Å². The predicted molar refractivity (Wildman–Crippen MR) is 55.8 cm³/mol. The molecule has 0 spiro atoms. The van der Waals surface area contributed by atoms with Crippen molar-refractivity contribution in [1.82, 2.24) is 4.90 Å². The van der Waals surface area contributed by atoms with Gasteiger partial charge < -0.3 is 10.0 Å². The molecule has 1 fully saturated rings. The Bertz CT molecular complexity index is 138. The van der Waals surface area contributed by atoms with Gasteiger partial charge in [0.2, 0.25) is 0 Å². The van der Waals surface area contributed by atoms with Crippen molar-refractivity contribution in [3.05, 3.63) is 0 Å². The normalized spacial score (nSPS) is 26.5. The van der Waals surface area contributed by atoms with E-state index < -0.39 is 0 Å². The Kier molecular flexibility index (Phi) is 4.74. The summed E-state index contributed by atoms with van der Waals surface area (Å²) < 4.78 is 0. The monoisotopic (exact) mass is 185 g/mol. The molecule has 13 heavy (non-hydrogen) atoms. The van der Waals surface area contributed by atoms with Gasteiger partial charge in [0.05, 0.1) is 6.10 Å². The van der Waals surface area contributed by atoms with Crippen LogP contribution < -0.4 is 0 Å². The highest BCUT2D eigenvalue weighted by atomic mass is 16.3. The first-order chi connectivity index (χ1) is 6.24. The van der Waals surface area contributed by atoms with Crippen molar-refractivity contribution in [3.63, 3.8) is 0 Å². The molecule has 0 bridgehead atoms. The third-order valence-corrected chi connectivity index (χ3v) is 3.14. The van der Waals surface area contributed by atoms with Crippen LogP contribution in [-0.2, 0) is 0 Å². The molecule has 1 aliphatic heterocycles. The second-order valence-electron chi connectivity index (χ2n) is 4.23. The summed E-state index contributed by atoms with van der Waals surface area (Å²) in [5.74, 6) is 0. The fourth-order valence-electron chi connectivity index (χ4n) is 2.06. The smallest absolute Gasteiger partial charge is 0.0538 e. The average molecular weight is 185 g/mol. The maximum Gasteiger partial charge on any atom is 0.0538 e. The van der Waals surface area contributed by atoms with Gasteiger partial charge in [0.1, 0.15) is 0 Å². The van der Waals surface area contributed by atoms with E-state index in [0.29, 0.717) is 0 Å². The van der Waals surface area contributed by atoms with E-state index >= 15 is 0 Å². The zero-order valence-corrected chi connectivity index (χ0v) is 9.00. The van der Waals surface area contributed by atoms with E-state index in [4.69, 9.17) is 0 Å². The van der Waals surface area contributed by atoms with Crippen molar-refractivity contribution in [3.8, 4) is 0 Å². The fraction of sp³-hybridized carbons (Fsp3) is 1.00. The fourth-order valence-corrected chi connectivity index (χ4v) is 2.06. The van der Waals surface area contributed by atoms with Gasteiger partial charge in [0.25, 0.3) is 0 Å². The molecule has 0 radical (unpaired) electrons. The molecule has 0 aromatic heterocycles. The van der Waals surface area contributed by atoms with Crippen LogP contribution in [0.1, 0.15) is 46.0 Å². The molecule has 78 valence electrons. The van der Waals surface area contributed by atoms with Gasteiger partial charge in [-0.05, 0) is 52.1 Å². The van der Waals surface area contributed by atoms with Crippen LogP contribution in [0.15, 0.2) is 0 Å². The Balaban J connectivity index is 2.05. The summed E-state index contributed by atoms with van der Waals surface area (Å²) in [6, 6.07) is 0.777. The van der Waals surface area contributed by atoms with Crippen molar-refractivity contribution >= 4 is 0 Å². The summed E-state index contributed by atoms with van der Waals surface area (Å²) in [7, 11) is 0. The minimum Gasteiger partial charge on any atom is -0.393 e. The highest BCUT2D eigenvalue weighted by Crippen LogP contribution is 2.17. The van der Waals surface area contributed by atoms with Crippen LogP contribution in [0.2, 0.25) is 0 Å². The summed E-state index contributed by atoms with van der Waals surface area (Å²) in [6.45, 7) is 6.80. The largest absolute Gasteiger partial charge is 0.393 e. The second kappa shape index (κ2) is 5.61. The molecule has 2 atom stereocenters. The molecule has 1 rings (SSSR count). The molecular formula is C11H23NO. The predicted octanol–water partition coefficient (Wildman–Crippen LogP) is 2.02. The Morgan fingerprint density at radius 2 is 2.31 bits per heavy atom. The Morgan fingerprint density at radius 3 is 2.85 bits per heavy atom. The van der Waals surface area contributed by atoms with Crippen molar-refractivity contribution in [2.45, 2.75) is 58.1 Å². The average Bonchev–Trinajstić information content (AvgIpc) is 2.52. The lowest BCUT2D eigenvalue weighted by atomic mass is 10.1. The van der Waals surface area contributed by atoms with Gasteiger partial charge in [0.15, 0.2) is 0 Å². The van der Waals surface area contributed by atoms with Crippen LogP contribution in [0.4, 0.5) is 0 Å². The van der Waals surface area contributed by atoms with Gasteiger partial charge >= 0.3 is 0 Å².